The molecule has 0 saturated carbocycles. The molecule has 3 atom stereocenters. The molecule has 0 radical (unpaired) electrons. The monoisotopic (exact) mass is 1050 g/mol. The van der Waals surface area contributed by atoms with Crippen molar-refractivity contribution in [3.8, 4) is 0 Å². The van der Waals surface area contributed by atoms with Crippen LogP contribution in [-0.2, 0) is 27.9 Å². The van der Waals surface area contributed by atoms with Crippen LogP contribution in [0.25, 0.3) is 0 Å². The van der Waals surface area contributed by atoms with Crippen LogP contribution in [0.5, 0.6) is 0 Å². The summed E-state index contributed by atoms with van der Waals surface area (Å²) in [5.41, 5.74) is 0. The average Bonchev–Trinajstić information content (AvgIpc) is 3.36. The first-order chi connectivity index (χ1) is 35.9. The van der Waals surface area contributed by atoms with E-state index in [0.717, 1.165) is 83.5 Å². The number of ether oxygens (including phenoxy) is 1. The highest BCUT2D eigenvalue weighted by Gasteiger charge is 2.27. The van der Waals surface area contributed by atoms with E-state index in [1.807, 2.05) is 45.4 Å². The fraction of sp³-hybridized carbons (Fsp3) is 0.719. The summed E-state index contributed by atoms with van der Waals surface area (Å²) < 4.78 is 30.2. The lowest BCUT2D eigenvalue weighted by atomic mass is 10.0. The number of esters is 1. The second kappa shape index (κ2) is 53.3. The molecule has 0 aromatic carbocycles. The number of phosphoric acid groups is 1. The Morgan fingerprint density at radius 1 is 0.486 bits per heavy atom. The molecule has 0 aliphatic carbocycles. The maximum atomic E-state index is 13.5. The van der Waals surface area contributed by atoms with E-state index in [4.69, 9.17) is 13.8 Å². The molecule has 10 heteroatoms. The fourth-order valence-corrected chi connectivity index (χ4v) is 8.85. The number of nitrogens with one attached hydrogen (secondary N) is 1. The largest absolute Gasteiger partial charge is 0.756 e. The van der Waals surface area contributed by atoms with Crippen LogP contribution in [-0.4, -0.2) is 69.4 Å². The molecule has 9 nitrogen and oxygen atoms in total. The van der Waals surface area contributed by atoms with Crippen molar-refractivity contribution in [1.29, 1.82) is 0 Å². The summed E-state index contributed by atoms with van der Waals surface area (Å²) in [5.74, 6) is -0.645. The van der Waals surface area contributed by atoms with Gasteiger partial charge in [-0.1, -0.05) is 234 Å². The van der Waals surface area contributed by atoms with Gasteiger partial charge in [-0.05, 0) is 96.0 Å². The Hall–Kier alpha value is -3.07. The maximum Gasteiger partial charge on any atom is 0.306 e. The second-order valence-electron chi connectivity index (χ2n) is 21.1. The van der Waals surface area contributed by atoms with E-state index < -0.39 is 26.6 Å². The highest BCUT2D eigenvalue weighted by Crippen LogP contribution is 2.38. The van der Waals surface area contributed by atoms with E-state index in [2.05, 4.69) is 99.0 Å². The quantitative estimate of drug-likeness (QED) is 0.0212. The molecule has 0 saturated heterocycles. The van der Waals surface area contributed by atoms with Gasteiger partial charge in [0, 0.05) is 12.8 Å². The Labute approximate surface area is 456 Å². The van der Waals surface area contributed by atoms with Crippen molar-refractivity contribution >= 4 is 19.7 Å². The number of carbonyl (C=O) groups excluding carboxylic acids is 2. The van der Waals surface area contributed by atoms with Crippen molar-refractivity contribution in [2.75, 3.05) is 40.9 Å². The standard InChI is InChI=1S/C64H113N2O7P/c1-7-10-13-16-19-22-25-28-30-32-33-34-36-39-42-45-48-51-54-57-64(68)73-62(55-52-49-46-43-40-37-27-24-21-18-15-12-9-3)61(60-72-74(69,70)71-59-58-66(4,5)6)65-63(67)56-53-50-47-44-41-38-35-31-29-26-23-20-17-14-11-8-2/h11,14,19-20,22-23,28-31,38,41,47,50,52,55,61-62H,7-10,12-13,15-18,21,24-27,32-37,39-40,42-46,48-49,51,53-54,56-60H2,1-6H3,(H-,65,67,69,70)/b14-11+,22-19-,23-20+,30-28-,31-29+,41-38+,50-47+,55-52+. The van der Waals surface area contributed by atoms with Crippen LogP contribution in [0.15, 0.2) is 97.2 Å². The van der Waals surface area contributed by atoms with E-state index in [1.165, 1.54) is 116 Å². The summed E-state index contributed by atoms with van der Waals surface area (Å²) in [6.45, 7) is 6.64. The van der Waals surface area contributed by atoms with E-state index in [-0.39, 0.29) is 31.3 Å². The fourth-order valence-electron chi connectivity index (χ4n) is 8.13. The van der Waals surface area contributed by atoms with Crippen molar-refractivity contribution in [1.82, 2.24) is 5.32 Å². The minimum atomic E-state index is -4.72. The van der Waals surface area contributed by atoms with Crippen LogP contribution in [0, 0.1) is 0 Å². The molecule has 0 spiro atoms. The number of quaternary nitrogens is 1. The molecule has 426 valence electrons. The second-order valence-corrected chi connectivity index (χ2v) is 22.5. The molecule has 0 bridgehead atoms. The van der Waals surface area contributed by atoms with Gasteiger partial charge in [0.15, 0.2) is 0 Å². The average molecular weight is 1050 g/mol. The molecule has 0 aliphatic heterocycles. The first kappa shape index (κ1) is 70.9. The number of likely N-dealkylation sites (N-methyl/N-ethyl adjacent to an activating group) is 1. The number of nitrogens with zero attached hydrogens (tertiary/aromatic N) is 1. The number of phosphoric ester groups is 1. The van der Waals surface area contributed by atoms with Gasteiger partial charge in [-0.15, -0.1) is 0 Å². The van der Waals surface area contributed by atoms with E-state index in [1.54, 1.807) is 0 Å². The van der Waals surface area contributed by atoms with Crippen molar-refractivity contribution < 1.29 is 37.3 Å². The van der Waals surface area contributed by atoms with Gasteiger partial charge in [0.25, 0.3) is 7.82 Å². The number of rotatable bonds is 53. The summed E-state index contributed by atoms with van der Waals surface area (Å²) in [6.07, 6.45) is 71.0. The van der Waals surface area contributed by atoms with Gasteiger partial charge in [-0.25, -0.2) is 0 Å². The molecule has 74 heavy (non-hydrogen) atoms. The van der Waals surface area contributed by atoms with Crippen molar-refractivity contribution in [2.45, 2.75) is 258 Å². The van der Waals surface area contributed by atoms with Gasteiger partial charge in [0.2, 0.25) is 5.91 Å². The van der Waals surface area contributed by atoms with Crippen molar-refractivity contribution in [3.63, 3.8) is 0 Å². The van der Waals surface area contributed by atoms with Gasteiger partial charge in [0.05, 0.1) is 33.8 Å². The predicted molar refractivity (Wildman–Crippen MR) is 316 cm³/mol. The minimum Gasteiger partial charge on any atom is -0.756 e. The molecule has 1 amide bonds. The summed E-state index contributed by atoms with van der Waals surface area (Å²) in [5, 5.41) is 2.97. The summed E-state index contributed by atoms with van der Waals surface area (Å²) >= 11 is 0. The Kier molecular flexibility index (Phi) is 51.1. The molecular weight excluding hydrogens is 940 g/mol. The maximum absolute atomic E-state index is 13.5. The molecule has 0 heterocycles. The number of amides is 1. The Balaban J connectivity index is 5.42. The number of allylic oxidation sites excluding steroid dienone is 15. The van der Waals surface area contributed by atoms with Gasteiger partial charge in [0.1, 0.15) is 19.3 Å². The summed E-state index contributed by atoms with van der Waals surface area (Å²) in [6, 6.07) is -0.934. The number of hydrogen-bond donors (Lipinski definition) is 1. The van der Waals surface area contributed by atoms with Crippen LogP contribution in [0.1, 0.15) is 245 Å². The summed E-state index contributed by atoms with van der Waals surface area (Å²) in [7, 11) is 1.13. The first-order valence-electron chi connectivity index (χ1n) is 30.0. The third-order valence-corrected chi connectivity index (χ3v) is 13.7. The van der Waals surface area contributed by atoms with Crippen LogP contribution < -0.4 is 10.2 Å². The first-order valence-corrected chi connectivity index (χ1v) is 31.5. The molecule has 0 rings (SSSR count). The third-order valence-electron chi connectivity index (χ3n) is 12.8. The molecular formula is C64H113N2O7P. The van der Waals surface area contributed by atoms with Gasteiger partial charge >= 0.3 is 5.97 Å². The van der Waals surface area contributed by atoms with Crippen LogP contribution in [0.2, 0.25) is 0 Å². The van der Waals surface area contributed by atoms with Gasteiger partial charge in [-0.3, -0.25) is 14.2 Å². The third kappa shape index (κ3) is 53.7. The molecule has 0 aromatic heterocycles. The Morgan fingerprint density at radius 3 is 1.35 bits per heavy atom. The van der Waals surface area contributed by atoms with Crippen molar-refractivity contribution in [2.24, 2.45) is 0 Å². The topological polar surface area (TPSA) is 114 Å². The van der Waals surface area contributed by atoms with Gasteiger partial charge < -0.3 is 28.5 Å². The zero-order valence-electron chi connectivity index (χ0n) is 48.5. The van der Waals surface area contributed by atoms with Crippen molar-refractivity contribution in [3.05, 3.63) is 97.2 Å². The molecule has 0 aromatic rings. The number of hydrogen-bond acceptors (Lipinski definition) is 7. The number of carbonyl (C=O) groups is 2. The lowest BCUT2D eigenvalue weighted by Gasteiger charge is -2.30. The Bertz CT molecular complexity index is 1590. The van der Waals surface area contributed by atoms with Gasteiger partial charge in [-0.2, -0.15) is 0 Å². The summed E-state index contributed by atoms with van der Waals surface area (Å²) in [4.78, 5) is 39.9. The van der Waals surface area contributed by atoms with E-state index in [0.29, 0.717) is 23.9 Å². The highest BCUT2D eigenvalue weighted by molar-refractivity contribution is 7.45. The lowest BCUT2D eigenvalue weighted by molar-refractivity contribution is -0.870. The zero-order valence-corrected chi connectivity index (χ0v) is 49.4. The zero-order chi connectivity index (χ0) is 54.3. The molecule has 0 fully saturated rings. The smallest absolute Gasteiger partial charge is 0.306 e. The Morgan fingerprint density at radius 2 is 0.878 bits per heavy atom. The minimum absolute atomic E-state index is 0.0403. The van der Waals surface area contributed by atoms with Crippen LogP contribution in [0.3, 0.4) is 0 Å². The SMILES string of the molecule is CC/C=C/C/C=C/C/C=C/C/C=C/C/C=C/CCC(=O)NC(COP(=O)([O-])OCC[N+](C)(C)C)C(/C=C/CCCCCCCCCCCCC)OC(=O)CCCCCCCCCCC/C=C\C/C=C\CCCCC. The van der Waals surface area contributed by atoms with E-state index >= 15 is 0 Å². The van der Waals surface area contributed by atoms with E-state index in [9.17, 15) is 19.0 Å². The van der Waals surface area contributed by atoms with Crippen LogP contribution in [0.4, 0.5) is 0 Å². The lowest BCUT2D eigenvalue weighted by Crippen LogP contribution is -2.47. The molecule has 1 N–H and O–H groups in total. The molecule has 0 aliphatic rings. The highest BCUT2D eigenvalue weighted by atomic mass is 31.2. The predicted octanol–water partition coefficient (Wildman–Crippen LogP) is 17.8. The van der Waals surface area contributed by atoms with Crippen LogP contribution >= 0.6 is 7.82 Å². The normalized spacial score (nSPS) is 14.4. The molecule has 3 unspecified atom stereocenters. The number of unbranched alkanes of at least 4 members (excludes halogenated alkanes) is 23.